The molecule has 2 heterocycles. The molecule has 2 fully saturated rings. The van der Waals surface area contributed by atoms with Crippen LogP contribution < -0.4 is 0 Å². The fraction of sp³-hybridized carbons (Fsp3) is 0.933. The van der Waals surface area contributed by atoms with Crippen molar-refractivity contribution in [2.45, 2.75) is 52.0 Å². The maximum Gasteiger partial charge on any atom is 0.219 e. The van der Waals surface area contributed by atoms with Gasteiger partial charge in [-0.25, -0.2) is 12.7 Å². The quantitative estimate of drug-likeness (QED) is 0.826. The normalized spacial score (nSPS) is 29.2. The first-order valence-electron chi connectivity index (χ1n) is 8.05. The van der Waals surface area contributed by atoms with Crippen molar-refractivity contribution in [3.05, 3.63) is 0 Å². The zero-order valence-electron chi connectivity index (χ0n) is 13.8. The van der Waals surface area contributed by atoms with Gasteiger partial charge in [-0.1, -0.05) is 6.92 Å². The van der Waals surface area contributed by atoms with Gasteiger partial charge in [-0.05, 0) is 38.0 Å². The lowest BCUT2D eigenvalue weighted by atomic mass is 9.75. The molecule has 6 nitrogen and oxygen atoms in total. The molecule has 128 valence electrons. The summed E-state index contributed by atoms with van der Waals surface area (Å²) in [6.07, 6.45) is 2.90. The summed E-state index contributed by atoms with van der Waals surface area (Å²) in [4.78, 5) is 13.6. The van der Waals surface area contributed by atoms with Gasteiger partial charge in [0.1, 0.15) is 0 Å². The van der Waals surface area contributed by atoms with Crippen molar-refractivity contribution in [3.8, 4) is 0 Å². The summed E-state index contributed by atoms with van der Waals surface area (Å²) in [5.41, 5.74) is -0.572. The van der Waals surface area contributed by atoms with Gasteiger partial charge in [0, 0.05) is 26.6 Å². The van der Waals surface area contributed by atoms with E-state index in [4.69, 9.17) is 0 Å². The second-order valence-corrected chi connectivity index (χ2v) is 9.24. The molecule has 0 radical (unpaired) electrons. The smallest absolute Gasteiger partial charge is 0.219 e. The molecule has 2 rings (SSSR count). The van der Waals surface area contributed by atoms with Crippen LogP contribution in [0.3, 0.4) is 0 Å². The molecule has 0 bridgehead atoms. The second-order valence-electron chi connectivity index (χ2n) is 7.15. The molecule has 1 N–H and O–H groups in total. The van der Waals surface area contributed by atoms with E-state index in [0.29, 0.717) is 26.1 Å². The monoisotopic (exact) mass is 332 g/mol. The number of carbonyl (C=O) groups excluding carboxylic acids is 1. The Kier molecular flexibility index (Phi) is 4.90. The van der Waals surface area contributed by atoms with E-state index < -0.39 is 15.6 Å². The van der Waals surface area contributed by atoms with Crippen LogP contribution in [0.5, 0.6) is 0 Å². The van der Waals surface area contributed by atoms with E-state index in [1.54, 1.807) is 9.21 Å². The molecule has 0 aromatic carbocycles. The molecule has 0 saturated carbocycles. The first-order chi connectivity index (χ1) is 10.2. The number of aliphatic hydroxyl groups excluding tert-OH is 1. The molecular formula is C15H28N2O4S. The summed E-state index contributed by atoms with van der Waals surface area (Å²) in [7, 11) is -3.14. The van der Waals surface area contributed by atoms with Crippen molar-refractivity contribution in [3.63, 3.8) is 0 Å². The van der Waals surface area contributed by atoms with Crippen molar-refractivity contribution in [1.29, 1.82) is 0 Å². The first-order valence-corrected chi connectivity index (χ1v) is 9.66. The Morgan fingerprint density at radius 3 is 2.27 bits per heavy atom. The minimum atomic E-state index is -3.14. The van der Waals surface area contributed by atoms with Crippen molar-refractivity contribution in [2.75, 3.05) is 32.0 Å². The number of aliphatic hydroxyl groups is 1. The van der Waals surface area contributed by atoms with E-state index in [2.05, 4.69) is 0 Å². The zero-order valence-corrected chi connectivity index (χ0v) is 14.7. The zero-order chi connectivity index (χ0) is 16.6. The second kappa shape index (κ2) is 6.09. The lowest BCUT2D eigenvalue weighted by molar-refractivity contribution is -0.134. The molecule has 2 saturated heterocycles. The van der Waals surface area contributed by atoms with Crippen LogP contribution in [-0.2, 0) is 14.8 Å². The Labute approximate surface area is 133 Å². The van der Waals surface area contributed by atoms with E-state index in [1.807, 2.05) is 13.8 Å². The lowest BCUT2D eigenvalue weighted by Gasteiger charge is -2.38. The summed E-state index contributed by atoms with van der Waals surface area (Å²) in [5.74, 6) is 0.183. The van der Waals surface area contributed by atoms with Crippen molar-refractivity contribution in [2.24, 2.45) is 5.41 Å². The summed E-state index contributed by atoms with van der Waals surface area (Å²) >= 11 is 0. The number of likely N-dealkylation sites (tertiary alicyclic amines) is 1. The van der Waals surface area contributed by atoms with Crippen LogP contribution in [-0.4, -0.2) is 66.2 Å². The Bertz CT molecular complexity index is 526. The molecular weight excluding hydrogens is 304 g/mol. The number of piperidine rings is 1. The van der Waals surface area contributed by atoms with E-state index in [0.717, 1.165) is 19.3 Å². The predicted octanol–water partition coefficient (Wildman–Crippen LogP) is 0.812. The van der Waals surface area contributed by atoms with E-state index >= 15 is 0 Å². The molecule has 2 aliphatic rings. The highest BCUT2D eigenvalue weighted by atomic mass is 32.2. The maximum absolute atomic E-state index is 12.2. The van der Waals surface area contributed by atoms with E-state index in [1.165, 1.54) is 6.92 Å². The molecule has 2 aliphatic heterocycles. The average molecular weight is 332 g/mol. The van der Waals surface area contributed by atoms with Crippen LogP contribution in [0.2, 0.25) is 0 Å². The highest BCUT2D eigenvalue weighted by Gasteiger charge is 2.52. The minimum absolute atomic E-state index is 0.0190. The lowest BCUT2D eigenvalue weighted by Crippen LogP contribution is -2.46. The molecule has 22 heavy (non-hydrogen) atoms. The summed E-state index contributed by atoms with van der Waals surface area (Å²) in [5, 5.41) is 9.71. The summed E-state index contributed by atoms with van der Waals surface area (Å²) in [6, 6.07) is 0. The van der Waals surface area contributed by atoms with Gasteiger partial charge >= 0.3 is 0 Å². The largest absolute Gasteiger partial charge is 0.394 e. The standard InChI is InChI=1S/C15H28N2O4S/c1-4-9-22(20,21)16-7-5-15(6-8-16)10-14(3,12-18)17(11-15)13(2)19/h18H,4-12H2,1-3H3/t14-/m1/s1. The molecule has 0 aliphatic carbocycles. The molecule has 1 spiro atoms. The number of nitrogens with zero attached hydrogens (tertiary/aromatic N) is 2. The fourth-order valence-corrected chi connectivity index (χ4v) is 5.59. The van der Waals surface area contributed by atoms with Gasteiger partial charge in [-0.2, -0.15) is 0 Å². The number of hydrogen-bond acceptors (Lipinski definition) is 4. The van der Waals surface area contributed by atoms with Gasteiger partial charge in [0.2, 0.25) is 15.9 Å². The minimum Gasteiger partial charge on any atom is -0.394 e. The highest BCUT2D eigenvalue weighted by molar-refractivity contribution is 7.89. The Morgan fingerprint density at radius 1 is 1.27 bits per heavy atom. The van der Waals surface area contributed by atoms with Crippen LogP contribution in [0.25, 0.3) is 0 Å². The number of hydrogen-bond donors (Lipinski definition) is 1. The third kappa shape index (κ3) is 3.16. The van der Waals surface area contributed by atoms with Crippen LogP contribution in [0, 0.1) is 5.41 Å². The predicted molar refractivity (Wildman–Crippen MR) is 84.8 cm³/mol. The number of amides is 1. The van der Waals surface area contributed by atoms with E-state index in [-0.39, 0.29) is 23.7 Å². The van der Waals surface area contributed by atoms with Crippen LogP contribution >= 0.6 is 0 Å². The van der Waals surface area contributed by atoms with Gasteiger partial charge in [-0.15, -0.1) is 0 Å². The van der Waals surface area contributed by atoms with Gasteiger partial charge in [0.05, 0.1) is 17.9 Å². The molecule has 7 heteroatoms. The number of carbonyl (C=O) groups is 1. The Morgan fingerprint density at radius 2 is 1.86 bits per heavy atom. The van der Waals surface area contributed by atoms with Gasteiger partial charge < -0.3 is 10.0 Å². The van der Waals surface area contributed by atoms with Gasteiger partial charge in [0.15, 0.2) is 0 Å². The van der Waals surface area contributed by atoms with Crippen LogP contribution in [0.15, 0.2) is 0 Å². The number of sulfonamides is 1. The first kappa shape index (κ1) is 17.7. The number of rotatable bonds is 4. The average Bonchev–Trinajstić information content (AvgIpc) is 2.73. The van der Waals surface area contributed by atoms with Crippen molar-refractivity contribution in [1.82, 2.24) is 9.21 Å². The Balaban J connectivity index is 2.09. The molecule has 1 atom stereocenters. The summed E-state index contributed by atoms with van der Waals surface area (Å²) in [6.45, 7) is 6.95. The van der Waals surface area contributed by atoms with Crippen molar-refractivity contribution < 1.29 is 18.3 Å². The van der Waals surface area contributed by atoms with Crippen molar-refractivity contribution >= 4 is 15.9 Å². The van der Waals surface area contributed by atoms with E-state index in [9.17, 15) is 18.3 Å². The van der Waals surface area contributed by atoms with Crippen LogP contribution in [0.4, 0.5) is 0 Å². The summed E-state index contributed by atoms with van der Waals surface area (Å²) < 4.78 is 25.9. The third-order valence-corrected chi connectivity index (χ3v) is 7.34. The van der Waals surface area contributed by atoms with Crippen LogP contribution in [0.1, 0.15) is 46.5 Å². The SMILES string of the molecule is CCCS(=O)(=O)N1CCC2(CC1)CN(C(C)=O)[C@@](C)(CO)C2. The molecule has 0 aromatic rings. The Hall–Kier alpha value is -0.660. The highest BCUT2D eigenvalue weighted by Crippen LogP contribution is 2.48. The van der Waals surface area contributed by atoms with Gasteiger partial charge in [-0.3, -0.25) is 4.79 Å². The molecule has 0 unspecified atom stereocenters. The van der Waals surface area contributed by atoms with Gasteiger partial charge in [0.25, 0.3) is 0 Å². The third-order valence-electron chi connectivity index (χ3n) is 5.26. The maximum atomic E-state index is 12.2. The fourth-order valence-electron chi connectivity index (χ4n) is 4.08. The molecule has 1 amide bonds. The molecule has 0 aromatic heterocycles. The topological polar surface area (TPSA) is 77.9 Å².